The van der Waals surface area contributed by atoms with Gasteiger partial charge in [-0.3, -0.25) is 4.79 Å². The molecule has 1 saturated heterocycles. The highest BCUT2D eigenvalue weighted by Crippen LogP contribution is 2.31. The maximum absolute atomic E-state index is 13.0. The fourth-order valence-corrected chi connectivity index (χ4v) is 2.45. The number of nitrogens with zero attached hydrogens (tertiary/aromatic N) is 2. The molecule has 1 fully saturated rings. The molecule has 6 heteroatoms. The highest BCUT2D eigenvalue weighted by Gasteiger charge is 2.22. The zero-order chi connectivity index (χ0) is 14.7. The van der Waals surface area contributed by atoms with Crippen molar-refractivity contribution in [2.75, 3.05) is 37.3 Å². The average molecular weight is 283 g/mol. The van der Waals surface area contributed by atoms with Gasteiger partial charge >= 0.3 is 0 Å². The summed E-state index contributed by atoms with van der Waals surface area (Å²) in [6.45, 7) is 1.62. The first kappa shape index (κ1) is 14.6. The van der Waals surface area contributed by atoms with Gasteiger partial charge in [-0.05, 0) is 31.0 Å². The summed E-state index contributed by atoms with van der Waals surface area (Å²) in [6, 6.07) is 4.36. The molecule has 0 spiro atoms. The molecule has 1 amide bonds. The van der Waals surface area contributed by atoms with Crippen LogP contribution in [0, 0.1) is 0 Å². The van der Waals surface area contributed by atoms with Crippen molar-refractivity contribution in [2.24, 2.45) is 0 Å². The van der Waals surface area contributed by atoms with Crippen molar-refractivity contribution in [3.05, 3.63) is 23.8 Å². The van der Waals surface area contributed by atoms with E-state index in [9.17, 15) is 13.6 Å². The number of rotatable bonds is 4. The second kappa shape index (κ2) is 6.07. The molecule has 0 bridgehead atoms. The van der Waals surface area contributed by atoms with Crippen LogP contribution in [0.5, 0.6) is 0 Å². The van der Waals surface area contributed by atoms with Crippen molar-refractivity contribution in [3.63, 3.8) is 0 Å². The second-order valence-electron chi connectivity index (χ2n) is 5.06. The summed E-state index contributed by atoms with van der Waals surface area (Å²) in [4.78, 5) is 15.4. The molecule has 4 nitrogen and oxygen atoms in total. The average Bonchev–Trinajstić information content (AvgIpc) is 2.92. The minimum Gasteiger partial charge on any atom is -0.399 e. The molecule has 1 heterocycles. The van der Waals surface area contributed by atoms with E-state index in [4.69, 9.17) is 5.73 Å². The Morgan fingerprint density at radius 2 is 2.05 bits per heavy atom. The number of anilines is 2. The number of likely N-dealkylation sites (tertiary alicyclic amines) is 1. The molecular weight excluding hydrogens is 264 g/mol. The van der Waals surface area contributed by atoms with Crippen molar-refractivity contribution in [2.45, 2.75) is 19.3 Å². The Balaban J connectivity index is 2.12. The van der Waals surface area contributed by atoms with Crippen LogP contribution in [0.4, 0.5) is 20.2 Å². The molecule has 0 unspecified atom stereocenters. The summed E-state index contributed by atoms with van der Waals surface area (Å²) in [7, 11) is 1.64. The first-order valence-corrected chi connectivity index (χ1v) is 6.65. The number of likely N-dealkylation sites (N-methyl/N-ethyl adjacent to an activating group) is 1. The van der Waals surface area contributed by atoms with Crippen LogP contribution in [0.15, 0.2) is 18.2 Å². The van der Waals surface area contributed by atoms with Crippen LogP contribution in [0.3, 0.4) is 0 Å². The Labute approximate surface area is 117 Å². The summed E-state index contributed by atoms with van der Waals surface area (Å²) < 4.78 is 26.1. The van der Waals surface area contributed by atoms with Crippen LogP contribution in [0.2, 0.25) is 0 Å². The number of nitrogen functional groups attached to an aromatic ring is 1. The normalized spacial score (nSPS) is 14.9. The van der Waals surface area contributed by atoms with Crippen LogP contribution in [0.25, 0.3) is 0 Å². The Morgan fingerprint density at radius 3 is 2.65 bits per heavy atom. The molecule has 1 aromatic carbocycles. The number of halogens is 2. The Morgan fingerprint density at radius 1 is 1.40 bits per heavy atom. The van der Waals surface area contributed by atoms with Gasteiger partial charge in [0.2, 0.25) is 5.91 Å². The topological polar surface area (TPSA) is 49.6 Å². The summed E-state index contributed by atoms with van der Waals surface area (Å²) in [5.41, 5.74) is 6.05. The largest absolute Gasteiger partial charge is 0.399 e. The van der Waals surface area contributed by atoms with Gasteiger partial charge in [0.1, 0.15) is 0 Å². The van der Waals surface area contributed by atoms with E-state index in [0.717, 1.165) is 25.9 Å². The van der Waals surface area contributed by atoms with Crippen LogP contribution in [-0.2, 0) is 4.79 Å². The molecule has 1 aromatic rings. The van der Waals surface area contributed by atoms with E-state index >= 15 is 0 Å². The van der Waals surface area contributed by atoms with Gasteiger partial charge in [0.25, 0.3) is 6.43 Å². The number of hydrogen-bond acceptors (Lipinski definition) is 3. The van der Waals surface area contributed by atoms with E-state index in [-0.39, 0.29) is 18.0 Å². The third kappa shape index (κ3) is 3.18. The summed E-state index contributed by atoms with van der Waals surface area (Å²) in [5, 5.41) is 0. The van der Waals surface area contributed by atoms with Crippen molar-refractivity contribution < 1.29 is 13.6 Å². The number of alkyl halides is 2. The van der Waals surface area contributed by atoms with Gasteiger partial charge < -0.3 is 15.5 Å². The lowest BCUT2D eigenvalue weighted by Crippen LogP contribution is -2.37. The van der Waals surface area contributed by atoms with E-state index in [1.54, 1.807) is 22.9 Å². The predicted octanol–water partition coefficient (Wildman–Crippen LogP) is 2.26. The summed E-state index contributed by atoms with van der Waals surface area (Å²) in [6.07, 6.45) is -0.586. The van der Waals surface area contributed by atoms with Crippen LogP contribution in [-0.4, -0.2) is 37.5 Å². The molecule has 110 valence electrons. The van der Waals surface area contributed by atoms with E-state index in [2.05, 4.69) is 0 Å². The zero-order valence-corrected chi connectivity index (χ0v) is 11.5. The molecule has 2 N–H and O–H groups in total. The first-order chi connectivity index (χ1) is 9.49. The summed E-state index contributed by atoms with van der Waals surface area (Å²) >= 11 is 0. The minimum atomic E-state index is -2.61. The number of amides is 1. The van der Waals surface area contributed by atoms with Gasteiger partial charge in [-0.25, -0.2) is 8.78 Å². The molecule has 0 saturated carbocycles. The van der Waals surface area contributed by atoms with Crippen molar-refractivity contribution in [3.8, 4) is 0 Å². The number of hydrogen-bond donors (Lipinski definition) is 1. The van der Waals surface area contributed by atoms with Crippen LogP contribution >= 0.6 is 0 Å². The molecule has 0 radical (unpaired) electrons. The van der Waals surface area contributed by atoms with E-state index in [0.29, 0.717) is 11.4 Å². The molecule has 0 aromatic heterocycles. The van der Waals surface area contributed by atoms with Gasteiger partial charge in [0, 0.05) is 37.1 Å². The zero-order valence-electron chi connectivity index (χ0n) is 11.5. The maximum Gasteiger partial charge on any atom is 0.265 e. The van der Waals surface area contributed by atoms with Gasteiger partial charge in [-0.1, -0.05) is 0 Å². The Kier molecular flexibility index (Phi) is 4.42. The number of carbonyl (C=O) groups is 1. The molecule has 2 rings (SSSR count). The molecular formula is C14H19F2N3O. The number of carbonyl (C=O) groups excluding carboxylic acids is 1. The fourth-order valence-electron chi connectivity index (χ4n) is 2.45. The minimum absolute atomic E-state index is 0.0259. The second-order valence-corrected chi connectivity index (χ2v) is 5.06. The number of nitrogens with two attached hydrogens (primary N) is 1. The molecule has 1 aliphatic heterocycles. The van der Waals surface area contributed by atoms with E-state index in [1.807, 2.05) is 0 Å². The number of benzene rings is 1. The Bertz CT molecular complexity index is 487. The highest BCUT2D eigenvalue weighted by molar-refractivity contribution is 5.82. The quantitative estimate of drug-likeness (QED) is 0.862. The molecule has 0 atom stereocenters. The van der Waals surface area contributed by atoms with Crippen LogP contribution < -0.4 is 10.6 Å². The van der Waals surface area contributed by atoms with Gasteiger partial charge in [0.05, 0.1) is 6.54 Å². The predicted molar refractivity (Wildman–Crippen MR) is 74.9 cm³/mol. The first-order valence-electron chi connectivity index (χ1n) is 6.65. The van der Waals surface area contributed by atoms with Gasteiger partial charge in [-0.15, -0.1) is 0 Å². The van der Waals surface area contributed by atoms with E-state index in [1.165, 1.54) is 12.1 Å². The molecule has 20 heavy (non-hydrogen) atoms. The van der Waals surface area contributed by atoms with Crippen molar-refractivity contribution in [1.29, 1.82) is 0 Å². The van der Waals surface area contributed by atoms with Crippen LogP contribution in [0.1, 0.15) is 24.8 Å². The Hall–Kier alpha value is -1.85. The molecule has 1 aliphatic rings. The third-order valence-corrected chi connectivity index (χ3v) is 3.53. The lowest BCUT2D eigenvalue weighted by molar-refractivity contribution is -0.128. The van der Waals surface area contributed by atoms with Crippen molar-refractivity contribution in [1.82, 2.24) is 4.90 Å². The van der Waals surface area contributed by atoms with Gasteiger partial charge in [0.15, 0.2) is 0 Å². The third-order valence-electron chi connectivity index (χ3n) is 3.53. The lowest BCUT2D eigenvalue weighted by atomic mass is 10.1. The SMILES string of the molecule is CN(CC(=O)N1CCCC1)c1ccc(N)cc1C(F)F. The van der Waals surface area contributed by atoms with Gasteiger partial charge in [-0.2, -0.15) is 0 Å². The molecule has 0 aliphatic carbocycles. The van der Waals surface area contributed by atoms with E-state index < -0.39 is 6.43 Å². The fraction of sp³-hybridized carbons (Fsp3) is 0.500. The maximum atomic E-state index is 13.0. The summed E-state index contributed by atoms with van der Waals surface area (Å²) in [5.74, 6) is -0.0259. The van der Waals surface area contributed by atoms with Crippen molar-refractivity contribution >= 4 is 17.3 Å². The monoisotopic (exact) mass is 283 g/mol. The smallest absolute Gasteiger partial charge is 0.265 e. The highest BCUT2D eigenvalue weighted by atomic mass is 19.3. The lowest BCUT2D eigenvalue weighted by Gasteiger charge is -2.25. The standard InChI is InChI=1S/C14H19F2N3O/c1-18(9-13(20)19-6-2-3-7-19)12-5-4-10(17)8-11(12)14(15)16/h4-5,8,14H,2-3,6-7,9,17H2,1H3.